The van der Waals surface area contributed by atoms with E-state index in [1.54, 1.807) is 18.3 Å². The molecule has 0 aliphatic rings. The first kappa shape index (κ1) is 13.3. The second kappa shape index (κ2) is 5.76. The summed E-state index contributed by atoms with van der Waals surface area (Å²) in [5.74, 6) is 0.0538. The van der Waals surface area contributed by atoms with E-state index in [4.69, 9.17) is 10.9 Å². The number of hydrogen-bond acceptors (Lipinski definition) is 6. The molecule has 0 saturated heterocycles. The summed E-state index contributed by atoms with van der Waals surface area (Å²) in [6.07, 6.45) is 3.15. The van der Waals surface area contributed by atoms with Gasteiger partial charge in [0.25, 0.3) is 0 Å². The van der Waals surface area contributed by atoms with E-state index in [0.29, 0.717) is 10.6 Å². The molecule has 0 fully saturated rings. The van der Waals surface area contributed by atoms with Gasteiger partial charge < -0.3 is 10.9 Å². The molecule has 0 aliphatic heterocycles. The molecule has 0 atom stereocenters. The molecule has 3 aromatic rings. The summed E-state index contributed by atoms with van der Waals surface area (Å²) in [4.78, 5) is 12.6. The molecule has 104 valence electrons. The average molecular weight is 297 g/mol. The molecule has 0 saturated carbocycles. The predicted octanol–water partition coefficient (Wildman–Crippen LogP) is 2.27. The van der Waals surface area contributed by atoms with E-state index in [1.807, 2.05) is 24.3 Å². The summed E-state index contributed by atoms with van der Waals surface area (Å²) in [7, 11) is 0. The molecule has 0 aliphatic carbocycles. The van der Waals surface area contributed by atoms with Crippen LogP contribution in [0.5, 0.6) is 0 Å². The van der Waals surface area contributed by atoms with Crippen molar-refractivity contribution < 1.29 is 5.21 Å². The molecule has 1 aromatic carbocycles. The zero-order chi connectivity index (χ0) is 14.7. The van der Waals surface area contributed by atoms with Gasteiger partial charge in [-0.3, -0.25) is 0 Å². The highest BCUT2D eigenvalue weighted by Crippen LogP contribution is 2.28. The Hall–Kier alpha value is -2.67. The van der Waals surface area contributed by atoms with E-state index in [1.165, 1.54) is 18.1 Å². The highest BCUT2D eigenvalue weighted by Gasteiger charge is 2.10. The lowest BCUT2D eigenvalue weighted by atomic mass is 10.1. The summed E-state index contributed by atoms with van der Waals surface area (Å²) in [5.41, 5.74) is 7.17. The van der Waals surface area contributed by atoms with E-state index >= 15 is 0 Å². The van der Waals surface area contributed by atoms with Gasteiger partial charge in [-0.15, -0.1) is 0 Å². The number of oxime groups is 1. The third-order valence-electron chi connectivity index (χ3n) is 2.84. The third-order valence-corrected chi connectivity index (χ3v) is 3.71. The number of hydrogen-bond donors (Lipinski definition) is 2. The molecule has 3 rings (SSSR count). The van der Waals surface area contributed by atoms with Crippen molar-refractivity contribution in [1.29, 1.82) is 0 Å². The Bertz CT molecular complexity index is 807. The van der Waals surface area contributed by atoms with Crippen LogP contribution in [0, 0.1) is 0 Å². The van der Waals surface area contributed by atoms with Gasteiger partial charge in [-0.25, -0.2) is 15.0 Å². The Kier molecular flexibility index (Phi) is 3.65. The topological polar surface area (TPSA) is 97.3 Å². The Morgan fingerprint density at radius 2 is 2.05 bits per heavy atom. The summed E-state index contributed by atoms with van der Waals surface area (Å²) in [6, 6.07) is 11.1. The van der Waals surface area contributed by atoms with Crippen molar-refractivity contribution in [3.63, 3.8) is 0 Å². The van der Waals surface area contributed by atoms with E-state index in [0.717, 1.165) is 15.9 Å². The van der Waals surface area contributed by atoms with Crippen molar-refractivity contribution in [3.8, 4) is 0 Å². The number of amidine groups is 1. The number of rotatable bonds is 3. The first-order valence-corrected chi connectivity index (χ1v) is 6.91. The van der Waals surface area contributed by atoms with Crippen molar-refractivity contribution in [2.45, 2.75) is 10.1 Å². The van der Waals surface area contributed by atoms with Crippen LogP contribution in [0.4, 0.5) is 0 Å². The highest BCUT2D eigenvalue weighted by molar-refractivity contribution is 7.99. The second-order valence-electron chi connectivity index (χ2n) is 4.16. The van der Waals surface area contributed by atoms with Gasteiger partial charge >= 0.3 is 0 Å². The van der Waals surface area contributed by atoms with Crippen LogP contribution in [0.1, 0.15) is 5.56 Å². The van der Waals surface area contributed by atoms with E-state index in [9.17, 15) is 0 Å². The molecule has 3 N–H and O–H groups in total. The Balaban J connectivity index is 2.12. The van der Waals surface area contributed by atoms with Crippen molar-refractivity contribution in [1.82, 2.24) is 15.0 Å². The normalized spacial score (nSPS) is 11.7. The summed E-state index contributed by atoms with van der Waals surface area (Å²) < 4.78 is 0. The average Bonchev–Trinajstić information content (AvgIpc) is 2.54. The zero-order valence-electron chi connectivity index (χ0n) is 10.8. The molecule has 6 nitrogen and oxygen atoms in total. The van der Waals surface area contributed by atoms with Crippen LogP contribution in [0.2, 0.25) is 0 Å². The molecule has 2 aromatic heterocycles. The van der Waals surface area contributed by atoms with Crippen LogP contribution in [0.3, 0.4) is 0 Å². The highest BCUT2D eigenvalue weighted by atomic mass is 32.2. The smallest absolute Gasteiger partial charge is 0.170 e. The van der Waals surface area contributed by atoms with Crippen LogP contribution >= 0.6 is 11.8 Å². The van der Waals surface area contributed by atoms with Crippen molar-refractivity contribution in [2.24, 2.45) is 10.9 Å². The minimum Gasteiger partial charge on any atom is -0.409 e. The zero-order valence-corrected chi connectivity index (χ0v) is 11.7. The van der Waals surface area contributed by atoms with Gasteiger partial charge in [0.2, 0.25) is 0 Å². The van der Waals surface area contributed by atoms with Crippen LogP contribution in [0.25, 0.3) is 10.9 Å². The standard InChI is InChI=1S/C14H11N5OS/c15-14(19-20)10-7-13(21-12-5-6-16-8-17-12)18-11-4-2-1-3-9(10)11/h1-8,20H,(H2,15,19). The molecular weight excluding hydrogens is 286 g/mol. The number of aromatic nitrogens is 3. The lowest BCUT2D eigenvalue weighted by Crippen LogP contribution is -2.14. The van der Waals surface area contributed by atoms with Crippen molar-refractivity contribution >= 4 is 28.5 Å². The number of nitrogens with zero attached hydrogens (tertiary/aromatic N) is 4. The van der Waals surface area contributed by atoms with Crippen molar-refractivity contribution in [3.05, 3.63) is 54.5 Å². The van der Waals surface area contributed by atoms with E-state index < -0.39 is 0 Å². The Labute approximate surface area is 124 Å². The second-order valence-corrected chi connectivity index (χ2v) is 5.20. The maximum atomic E-state index is 8.94. The molecule has 0 radical (unpaired) electrons. The number of para-hydroxylation sites is 1. The fourth-order valence-electron chi connectivity index (χ4n) is 1.92. The monoisotopic (exact) mass is 297 g/mol. The lowest BCUT2D eigenvalue weighted by molar-refractivity contribution is 0.318. The van der Waals surface area contributed by atoms with Gasteiger partial charge in [-0.05, 0) is 30.0 Å². The minimum atomic E-state index is 0.0538. The SMILES string of the molecule is NC(=NO)c1cc(Sc2ccncn2)nc2ccccc12. The number of pyridine rings is 1. The number of fused-ring (bicyclic) bond motifs is 1. The molecule has 0 spiro atoms. The molecular formula is C14H11N5OS. The van der Waals surface area contributed by atoms with Gasteiger partial charge in [-0.1, -0.05) is 23.4 Å². The molecule has 21 heavy (non-hydrogen) atoms. The van der Waals surface area contributed by atoms with Crippen molar-refractivity contribution in [2.75, 3.05) is 0 Å². The van der Waals surface area contributed by atoms with Gasteiger partial charge in [0, 0.05) is 17.1 Å². The predicted molar refractivity (Wildman–Crippen MR) is 80.4 cm³/mol. The van der Waals surface area contributed by atoms with E-state index in [-0.39, 0.29) is 5.84 Å². The van der Waals surface area contributed by atoms with Crippen LogP contribution in [-0.2, 0) is 0 Å². The quantitative estimate of drug-likeness (QED) is 0.253. The van der Waals surface area contributed by atoms with E-state index in [2.05, 4.69) is 20.1 Å². The molecule has 0 amide bonds. The van der Waals surface area contributed by atoms with Crippen LogP contribution in [0.15, 0.2) is 64.1 Å². The number of benzene rings is 1. The molecule has 0 unspecified atom stereocenters. The minimum absolute atomic E-state index is 0.0538. The first-order valence-electron chi connectivity index (χ1n) is 6.09. The molecule has 7 heteroatoms. The van der Waals surface area contributed by atoms with Crippen LogP contribution < -0.4 is 5.73 Å². The summed E-state index contributed by atoms with van der Waals surface area (Å²) in [6.45, 7) is 0. The first-order chi connectivity index (χ1) is 10.3. The van der Waals surface area contributed by atoms with Gasteiger partial charge in [0.1, 0.15) is 16.4 Å². The maximum absolute atomic E-state index is 8.94. The Morgan fingerprint density at radius 3 is 2.81 bits per heavy atom. The third kappa shape index (κ3) is 2.77. The fourth-order valence-corrected chi connectivity index (χ4v) is 2.68. The Morgan fingerprint density at radius 1 is 1.19 bits per heavy atom. The summed E-state index contributed by atoms with van der Waals surface area (Å²) in [5, 5.41) is 14.4. The molecule has 2 heterocycles. The largest absolute Gasteiger partial charge is 0.409 e. The van der Waals surface area contributed by atoms with Crippen LogP contribution in [-0.4, -0.2) is 26.0 Å². The molecule has 0 bridgehead atoms. The van der Waals surface area contributed by atoms with Gasteiger partial charge in [0.05, 0.1) is 5.52 Å². The summed E-state index contributed by atoms with van der Waals surface area (Å²) >= 11 is 1.39. The number of nitrogens with two attached hydrogens (primary N) is 1. The van der Waals surface area contributed by atoms with Gasteiger partial charge in [0.15, 0.2) is 5.84 Å². The fraction of sp³-hybridized carbons (Fsp3) is 0. The lowest BCUT2D eigenvalue weighted by Gasteiger charge is -2.07. The maximum Gasteiger partial charge on any atom is 0.170 e. The van der Waals surface area contributed by atoms with Gasteiger partial charge in [-0.2, -0.15) is 0 Å².